The van der Waals surface area contributed by atoms with Crippen molar-refractivity contribution in [2.75, 3.05) is 65.3 Å². The molecular weight excluding hydrogens is 1440 g/mol. The van der Waals surface area contributed by atoms with Gasteiger partial charge in [0.25, 0.3) is 17.6 Å². The minimum absolute atomic E-state index is 0.0101. The lowest BCUT2D eigenvalue weighted by Crippen LogP contribution is -2.69. The maximum absolute atomic E-state index is 14.4. The number of ether oxygens (including phenoxy) is 8. The number of nitrogen functional groups attached to an aromatic ring is 1. The Morgan fingerprint density at radius 1 is 0.798 bits per heavy atom. The van der Waals surface area contributed by atoms with Crippen LogP contribution in [0.2, 0.25) is 0 Å². The van der Waals surface area contributed by atoms with Gasteiger partial charge in [-0.05, 0) is 58.5 Å². The fourth-order valence-electron chi connectivity index (χ4n) is 13.6. The molecule has 0 spiro atoms. The molecule has 3 saturated heterocycles. The van der Waals surface area contributed by atoms with Gasteiger partial charge in [0.2, 0.25) is 5.91 Å². The molecular formula is C71H108N12O26. The molecule has 10 rings (SSSR count). The van der Waals surface area contributed by atoms with Crippen LogP contribution < -0.4 is 49.6 Å². The van der Waals surface area contributed by atoms with Gasteiger partial charge in [-0.3, -0.25) is 39.4 Å². The fraction of sp³-hybridized carbons (Fsp3) is 0.620. The van der Waals surface area contributed by atoms with E-state index in [1.54, 1.807) is 57.0 Å². The largest absolute Gasteiger partial charge is 0.507 e. The predicted octanol–water partition coefficient (Wildman–Crippen LogP) is -4.40. The molecule has 4 fully saturated rings. The highest BCUT2D eigenvalue weighted by molar-refractivity contribution is 6.24. The van der Waals surface area contributed by atoms with Crippen molar-refractivity contribution in [3.8, 4) is 23.0 Å². The molecule has 7 heterocycles. The Bertz CT molecular complexity index is 3720. The number of nitrogens with zero attached hydrogens (tertiary/aromatic N) is 4. The maximum Gasteiger partial charge on any atom is 0.312 e. The third kappa shape index (κ3) is 20.3. The molecule has 38 nitrogen and oxygen atoms in total. The van der Waals surface area contributed by atoms with Crippen molar-refractivity contribution >= 4 is 52.1 Å². The number of Topliss-reactive ketones (excluding diaryl/α,β-unsaturated/α-hetero) is 1. The number of ketones is 1. The van der Waals surface area contributed by atoms with Crippen LogP contribution in [0.25, 0.3) is 10.8 Å². The molecule has 2 aromatic carbocycles. The topological polar surface area (TPSA) is 620 Å². The first-order valence-electron chi connectivity index (χ1n) is 35.6. The van der Waals surface area contributed by atoms with Crippen LogP contribution in [0.3, 0.4) is 0 Å². The third-order valence-corrected chi connectivity index (χ3v) is 20.4. The van der Waals surface area contributed by atoms with E-state index in [1.807, 2.05) is 12.5 Å². The number of hydrogen-bond donors (Lipinski definition) is 21. The summed E-state index contributed by atoms with van der Waals surface area (Å²) in [7, 11) is 3.42. The van der Waals surface area contributed by atoms with Crippen LogP contribution in [-0.4, -0.2) is 305 Å². The number of benzene rings is 2. The number of aromatic nitrogens is 1. The highest BCUT2D eigenvalue weighted by atomic mass is 16.7. The number of nitrogens with one attached hydrogen (secondary N) is 3. The van der Waals surface area contributed by atoms with E-state index in [9.17, 15) is 90.4 Å². The van der Waals surface area contributed by atoms with E-state index in [0.29, 0.717) is 18.7 Å². The van der Waals surface area contributed by atoms with E-state index in [0.717, 1.165) is 13.1 Å². The molecule has 0 unspecified atom stereocenters. The summed E-state index contributed by atoms with van der Waals surface area (Å²) < 4.78 is 46.1. The number of esters is 1. The maximum atomic E-state index is 14.4. The van der Waals surface area contributed by atoms with Gasteiger partial charge in [0, 0.05) is 118 Å². The van der Waals surface area contributed by atoms with Crippen molar-refractivity contribution < 1.29 is 128 Å². The van der Waals surface area contributed by atoms with Crippen LogP contribution in [0.4, 0.5) is 5.69 Å². The Kier molecular flexibility index (Phi) is 31.6. The highest BCUT2D eigenvalue weighted by Gasteiger charge is 2.54. The van der Waals surface area contributed by atoms with Gasteiger partial charge in [0.15, 0.2) is 18.3 Å². The summed E-state index contributed by atoms with van der Waals surface area (Å²) in [5, 5.41) is 152. The lowest BCUT2D eigenvalue weighted by Gasteiger charge is -2.49. The van der Waals surface area contributed by atoms with Gasteiger partial charge in [-0.1, -0.05) is 45.9 Å². The van der Waals surface area contributed by atoms with Crippen molar-refractivity contribution in [3.05, 3.63) is 82.9 Å². The molecule has 26 N–H and O–H groups in total. The molecule has 38 heteroatoms. The standard InChI is InChI=1S/C43H58N4O12.C22H43N5O13.C6H7N3O/c1-21-12-11-13-22(2)42(55)45-33-28(20-44-47-17-15-46(9)16-18-47)37(52)30-31(38(33)53)36(51)26(6)40-32(30)41(54)43(8,59-40)57-19-14-29(56-10)23(3)39(58-27(7)48)25(5)35(50)24(4)34(21)49;23-2-1-8(29)20(36)27-7-3-6(25)18(39-22-16(34)15(33)13(31)9(4-24)37-22)17(35)19(7)40-21-14(32)11(26)12(30)10(5-28)38-21;7-9-6(10)5-1-3-8-4-2-5/h11-14,19-21,23-25,29,34-35,39,49-53H,15-18H2,1-10H3,(H,45,55);6-19,21-22,28-35H,1-5,23-26H2,(H,27,36);1-4H,7H2,(H,9,10)/b12-11+,19-14+,22-13-,44-20-;;/t21-,23+,24+,25+,29-,34-,35+,39+,43-;6-,7+,8-,9+,10+,11-,12+,13+,14+,15-,16+,17-,18+,19-,21+,22+;/m00./s1. The Hall–Kier alpha value is -7.75. The van der Waals surface area contributed by atoms with Crippen molar-refractivity contribution in [2.45, 2.75) is 196 Å². The summed E-state index contributed by atoms with van der Waals surface area (Å²) in [6.07, 6.45) is -11.9. The summed E-state index contributed by atoms with van der Waals surface area (Å²) in [5.41, 5.74) is 25.3. The van der Waals surface area contributed by atoms with Gasteiger partial charge < -0.3 is 143 Å². The number of carbonyl (C=O) groups is 5. The average molecular weight is 1550 g/mol. The zero-order valence-electron chi connectivity index (χ0n) is 62.3. The molecule has 608 valence electrons. The molecule has 0 radical (unpaired) electrons. The molecule has 6 aliphatic heterocycles. The minimum atomic E-state index is -2.04. The second-order valence-corrected chi connectivity index (χ2v) is 28.2. The number of fused-ring (bicyclic) bond motifs is 14. The lowest BCUT2D eigenvalue weighted by atomic mass is 9.78. The number of rotatable bonds is 15. The van der Waals surface area contributed by atoms with E-state index in [4.69, 9.17) is 66.7 Å². The number of likely N-dealkylation sites (N-methyl/N-ethyl adjacent to an activating group) is 1. The number of hydrogen-bond acceptors (Lipinski definition) is 35. The molecule has 25 atom stereocenters. The zero-order valence-corrected chi connectivity index (χ0v) is 62.3. The number of aliphatic hydroxyl groups is 10. The number of phenols is 3. The van der Waals surface area contributed by atoms with E-state index in [-0.39, 0.29) is 76.3 Å². The van der Waals surface area contributed by atoms with Crippen molar-refractivity contribution in [3.63, 3.8) is 0 Å². The summed E-state index contributed by atoms with van der Waals surface area (Å²) in [4.78, 5) is 69.7. The van der Waals surface area contributed by atoms with Gasteiger partial charge >= 0.3 is 11.8 Å². The second-order valence-electron chi connectivity index (χ2n) is 28.2. The summed E-state index contributed by atoms with van der Waals surface area (Å²) >= 11 is 0. The molecule has 7 aliphatic rings. The van der Waals surface area contributed by atoms with Crippen LogP contribution in [0.5, 0.6) is 23.0 Å². The molecule has 1 saturated carbocycles. The van der Waals surface area contributed by atoms with Gasteiger partial charge in [0.05, 0.1) is 71.7 Å². The molecule has 3 aromatic rings. The Labute approximate surface area is 628 Å². The molecule has 109 heavy (non-hydrogen) atoms. The first-order chi connectivity index (χ1) is 51.4. The summed E-state index contributed by atoms with van der Waals surface area (Å²) in [6, 6.07) is -0.283. The van der Waals surface area contributed by atoms with E-state index in [1.165, 1.54) is 71.8 Å². The van der Waals surface area contributed by atoms with Crippen molar-refractivity contribution in [1.29, 1.82) is 0 Å². The van der Waals surface area contributed by atoms with Crippen LogP contribution in [0.1, 0.15) is 93.2 Å². The number of pyridine rings is 1. The average Bonchev–Trinajstić information content (AvgIpc) is 1.61. The molecule has 1 aromatic heterocycles. The van der Waals surface area contributed by atoms with Crippen LogP contribution in [-0.2, 0) is 47.5 Å². The van der Waals surface area contributed by atoms with E-state index in [2.05, 4.69) is 25.6 Å². The van der Waals surface area contributed by atoms with E-state index < -0.39 is 199 Å². The normalized spacial score (nSPS) is 35.4. The van der Waals surface area contributed by atoms with Crippen LogP contribution in [0, 0.1) is 30.6 Å². The SMILES string of the molecule is CO[C@H]1/C=C/O[C@@]2(C)Oc3c(C)c(O)c4c(O)c(c(/C=N\N5CCN(C)CC5)c(O)c4c3C2=O)NC(=O)/C(C)=C\C=C\[C@H](C)[C@H](O)[C@@H](C)[C@@H](O)[C@@H](C)[C@H](OC(C)=O)[C@@H]1C.NCC[C@H](O)C(=O)N[C@@H]1C[C@H](N)[C@@H](O[C@H]2O[C@H](CN)[C@@H](O)[C@H](O)[C@H]2O)[C@H](O)[C@H]1O[C@H]1O[C@H](CO)[C@@H](O)[C@H](N)[C@H]1O.NNC(=O)c1ccncc1. The summed E-state index contributed by atoms with van der Waals surface area (Å²) in [6.45, 7) is 14.2. The van der Waals surface area contributed by atoms with Gasteiger partial charge in [-0.25, -0.2) is 5.84 Å². The number of aliphatic hydroxyl groups excluding tert-OH is 10. The monoisotopic (exact) mass is 1540 g/mol. The fourth-order valence-corrected chi connectivity index (χ4v) is 13.6. The van der Waals surface area contributed by atoms with Crippen LogP contribution >= 0.6 is 0 Å². The Morgan fingerprint density at radius 3 is 2.04 bits per heavy atom. The Morgan fingerprint density at radius 2 is 1.43 bits per heavy atom. The predicted molar refractivity (Wildman–Crippen MR) is 388 cm³/mol. The summed E-state index contributed by atoms with van der Waals surface area (Å²) in [5.74, 6) is -4.61. The quantitative estimate of drug-likeness (QED) is 0.0130. The molecule has 5 bridgehead atoms. The molecule has 1 aliphatic carbocycles. The number of methoxy groups -OCH3 is 1. The van der Waals surface area contributed by atoms with Gasteiger partial charge in [0.1, 0.15) is 90.5 Å². The van der Waals surface area contributed by atoms with Crippen molar-refractivity contribution in [2.24, 2.45) is 57.6 Å². The number of hydrazine groups is 1. The molecule has 3 amide bonds. The van der Waals surface area contributed by atoms with E-state index >= 15 is 0 Å². The smallest absolute Gasteiger partial charge is 0.312 e. The lowest BCUT2D eigenvalue weighted by molar-refractivity contribution is -0.332. The number of nitrogens with two attached hydrogens (primary N) is 5. The first kappa shape index (κ1) is 88.5. The van der Waals surface area contributed by atoms with Gasteiger partial charge in [-0.2, -0.15) is 5.10 Å². The second kappa shape index (κ2) is 38.9. The number of piperazine rings is 1. The van der Waals surface area contributed by atoms with Gasteiger partial charge in [-0.15, -0.1) is 0 Å². The zero-order chi connectivity index (χ0) is 81.0. The number of allylic oxidation sites excluding steroid dienone is 2. The number of carbonyl (C=O) groups excluding carboxylic acids is 5. The number of hydrazone groups is 1. The number of aromatic hydroxyl groups is 3. The third-order valence-electron chi connectivity index (χ3n) is 20.4. The number of anilines is 1. The van der Waals surface area contributed by atoms with Crippen molar-refractivity contribution in [1.82, 2.24) is 25.6 Å². The Balaban J connectivity index is 0.000000283. The number of amides is 3. The highest BCUT2D eigenvalue weighted by Crippen LogP contribution is 2.55. The first-order valence-corrected chi connectivity index (χ1v) is 35.6. The minimum Gasteiger partial charge on any atom is -0.507 e. The number of phenolic OH excluding ortho intramolecular Hbond substituents is 3. The van der Waals surface area contributed by atoms with Crippen LogP contribution in [0.15, 0.2) is 65.8 Å².